The van der Waals surface area contributed by atoms with Crippen molar-refractivity contribution in [2.24, 2.45) is 11.5 Å². The van der Waals surface area contributed by atoms with E-state index in [1.54, 1.807) is 0 Å². The van der Waals surface area contributed by atoms with Gasteiger partial charge in [0, 0.05) is 6.54 Å². The van der Waals surface area contributed by atoms with Crippen molar-refractivity contribution in [3.8, 4) is 0 Å². The summed E-state index contributed by atoms with van der Waals surface area (Å²) in [5, 5.41) is 2.85. The standard InChI is InChI=1S/C5H13N3/c1-5(7)8-4-2-3-6/h8H,1-4,6-7H2. The predicted molar refractivity (Wildman–Crippen MR) is 35.0 cm³/mol. The van der Waals surface area contributed by atoms with Gasteiger partial charge in [0.05, 0.1) is 5.82 Å². The van der Waals surface area contributed by atoms with Crippen LogP contribution in [0, 0.1) is 0 Å². The molecule has 0 heterocycles. The first-order valence-electron chi connectivity index (χ1n) is 2.65. The zero-order chi connectivity index (χ0) is 6.41. The maximum atomic E-state index is 5.20. The van der Waals surface area contributed by atoms with E-state index in [1.165, 1.54) is 0 Å². The van der Waals surface area contributed by atoms with E-state index in [0.29, 0.717) is 12.4 Å². The molecule has 0 saturated heterocycles. The van der Waals surface area contributed by atoms with Gasteiger partial charge in [0.2, 0.25) is 0 Å². The van der Waals surface area contributed by atoms with Gasteiger partial charge in [-0.1, -0.05) is 6.58 Å². The molecule has 48 valence electrons. The average molecular weight is 115 g/mol. The highest BCUT2D eigenvalue weighted by Gasteiger charge is 1.81. The molecule has 0 fully saturated rings. The van der Waals surface area contributed by atoms with Gasteiger partial charge < -0.3 is 16.8 Å². The van der Waals surface area contributed by atoms with Gasteiger partial charge in [0.1, 0.15) is 0 Å². The molecule has 0 spiro atoms. The Kier molecular flexibility index (Phi) is 4.07. The number of nitrogens with two attached hydrogens (primary N) is 2. The molecule has 0 aliphatic heterocycles. The Bertz CT molecular complexity index is 70.1. The minimum Gasteiger partial charge on any atom is -0.386 e. The Hall–Kier alpha value is -0.700. The van der Waals surface area contributed by atoms with Crippen LogP contribution in [0.5, 0.6) is 0 Å². The van der Waals surface area contributed by atoms with Crippen LogP contribution in [0.15, 0.2) is 12.4 Å². The molecular formula is C5H13N3. The lowest BCUT2D eigenvalue weighted by atomic mass is 10.4. The fraction of sp³-hybridized carbons (Fsp3) is 0.600. The first-order valence-corrected chi connectivity index (χ1v) is 2.65. The molecule has 0 unspecified atom stereocenters. The summed E-state index contributed by atoms with van der Waals surface area (Å²) >= 11 is 0. The van der Waals surface area contributed by atoms with Crippen molar-refractivity contribution >= 4 is 0 Å². The summed E-state index contributed by atoms with van der Waals surface area (Å²) in [5.74, 6) is 0.512. The van der Waals surface area contributed by atoms with Gasteiger partial charge in [-0.3, -0.25) is 0 Å². The largest absolute Gasteiger partial charge is 0.386 e. The van der Waals surface area contributed by atoms with Crippen molar-refractivity contribution < 1.29 is 0 Å². The van der Waals surface area contributed by atoms with Gasteiger partial charge in [0.15, 0.2) is 0 Å². The van der Waals surface area contributed by atoms with E-state index in [9.17, 15) is 0 Å². The Morgan fingerprint density at radius 2 is 2.25 bits per heavy atom. The van der Waals surface area contributed by atoms with E-state index in [2.05, 4.69) is 11.9 Å². The lowest BCUT2D eigenvalue weighted by molar-refractivity contribution is 0.728. The van der Waals surface area contributed by atoms with Crippen LogP contribution >= 0.6 is 0 Å². The van der Waals surface area contributed by atoms with Crippen LogP contribution in [0.25, 0.3) is 0 Å². The lowest BCUT2D eigenvalue weighted by Crippen LogP contribution is -2.21. The molecule has 0 aliphatic carbocycles. The van der Waals surface area contributed by atoms with Crippen LogP contribution in [-0.2, 0) is 0 Å². The number of rotatable bonds is 4. The Morgan fingerprint density at radius 3 is 2.62 bits per heavy atom. The summed E-state index contributed by atoms with van der Waals surface area (Å²) in [6, 6.07) is 0. The molecule has 8 heavy (non-hydrogen) atoms. The molecule has 0 bridgehead atoms. The van der Waals surface area contributed by atoms with Crippen LogP contribution in [0.3, 0.4) is 0 Å². The maximum Gasteiger partial charge on any atom is 0.0885 e. The fourth-order valence-corrected chi connectivity index (χ4v) is 0.351. The van der Waals surface area contributed by atoms with E-state index < -0.39 is 0 Å². The van der Waals surface area contributed by atoms with Crippen molar-refractivity contribution in [2.45, 2.75) is 6.42 Å². The summed E-state index contributed by atoms with van der Waals surface area (Å²) < 4.78 is 0. The Morgan fingerprint density at radius 1 is 1.62 bits per heavy atom. The van der Waals surface area contributed by atoms with Gasteiger partial charge in [0.25, 0.3) is 0 Å². The topological polar surface area (TPSA) is 64.1 Å². The van der Waals surface area contributed by atoms with E-state index in [-0.39, 0.29) is 0 Å². The smallest absolute Gasteiger partial charge is 0.0885 e. The number of nitrogens with one attached hydrogen (secondary N) is 1. The minimum atomic E-state index is 0.512. The van der Waals surface area contributed by atoms with Crippen molar-refractivity contribution in [1.82, 2.24) is 5.32 Å². The van der Waals surface area contributed by atoms with Crippen LogP contribution in [0.2, 0.25) is 0 Å². The highest BCUT2D eigenvalue weighted by Crippen LogP contribution is 1.71. The molecule has 0 saturated carbocycles. The van der Waals surface area contributed by atoms with Crippen molar-refractivity contribution in [2.75, 3.05) is 13.1 Å². The molecule has 0 radical (unpaired) electrons. The second kappa shape index (κ2) is 4.46. The highest BCUT2D eigenvalue weighted by atomic mass is 15.0. The van der Waals surface area contributed by atoms with Crippen molar-refractivity contribution in [3.63, 3.8) is 0 Å². The molecule has 0 aliphatic rings. The van der Waals surface area contributed by atoms with E-state index in [1.807, 2.05) is 0 Å². The third-order valence-corrected chi connectivity index (χ3v) is 0.733. The molecule has 0 aromatic heterocycles. The molecule has 3 nitrogen and oxygen atoms in total. The normalized spacial score (nSPS) is 8.62. The third kappa shape index (κ3) is 5.30. The summed E-state index contributed by atoms with van der Waals surface area (Å²) in [6.45, 7) is 4.97. The average Bonchev–Trinajstić information content (AvgIpc) is 1.66. The fourth-order valence-electron chi connectivity index (χ4n) is 0.351. The van der Waals surface area contributed by atoms with E-state index >= 15 is 0 Å². The highest BCUT2D eigenvalue weighted by molar-refractivity contribution is 4.81. The van der Waals surface area contributed by atoms with Gasteiger partial charge in [-0.05, 0) is 13.0 Å². The molecule has 0 amide bonds. The number of hydrogen-bond acceptors (Lipinski definition) is 3. The first-order chi connectivity index (χ1) is 3.77. The summed E-state index contributed by atoms with van der Waals surface area (Å²) in [4.78, 5) is 0. The van der Waals surface area contributed by atoms with Crippen LogP contribution in [0.4, 0.5) is 0 Å². The SMILES string of the molecule is C=C(N)NCCCN. The Balaban J connectivity index is 2.82. The monoisotopic (exact) mass is 115 g/mol. The van der Waals surface area contributed by atoms with Crippen molar-refractivity contribution in [1.29, 1.82) is 0 Å². The molecule has 0 rings (SSSR count). The van der Waals surface area contributed by atoms with E-state index in [4.69, 9.17) is 11.5 Å². The molecule has 0 aromatic carbocycles. The zero-order valence-electron chi connectivity index (χ0n) is 4.98. The number of hydrogen-bond donors (Lipinski definition) is 3. The summed E-state index contributed by atoms with van der Waals surface area (Å²) in [6.07, 6.45) is 0.941. The molecule has 0 aromatic rings. The molecule has 0 atom stereocenters. The first kappa shape index (κ1) is 7.30. The second-order valence-electron chi connectivity index (χ2n) is 1.59. The van der Waals surface area contributed by atoms with E-state index in [0.717, 1.165) is 13.0 Å². The van der Waals surface area contributed by atoms with Gasteiger partial charge >= 0.3 is 0 Å². The minimum absolute atomic E-state index is 0.512. The third-order valence-electron chi connectivity index (χ3n) is 0.733. The van der Waals surface area contributed by atoms with Gasteiger partial charge in [-0.15, -0.1) is 0 Å². The second-order valence-corrected chi connectivity index (χ2v) is 1.59. The molecular weight excluding hydrogens is 102 g/mol. The Labute approximate surface area is 49.7 Å². The van der Waals surface area contributed by atoms with Crippen LogP contribution in [-0.4, -0.2) is 13.1 Å². The molecule has 5 N–H and O–H groups in total. The summed E-state index contributed by atoms with van der Waals surface area (Å²) in [5.41, 5.74) is 10.4. The van der Waals surface area contributed by atoms with Crippen molar-refractivity contribution in [3.05, 3.63) is 12.4 Å². The predicted octanol–water partition coefficient (Wildman–Crippen LogP) is -0.645. The zero-order valence-corrected chi connectivity index (χ0v) is 4.98. The summed E-state index contributed by atoms with van der Waals surface area (Å²) in [7, 11) is 0. The lowest BCUT2D eigenvalue weighted by Gasteiger charge is -2.00. The quantitative estimate of drug-likeness (QED) is 0.427. The van der Waals surface area contributed by atoms with Gasteiger partial charge in [-0.2, -0.15) is 0 Å². The molecule has 3 heteroatoms. The van der Waals surface area contributed by atoms with Gasteiger partial charge in [-0.25, -0.2) is 0 Å². The van der Waals surface area contributed by atoms with Crippen LogP contribution < -0.4 is 16.8 Å². The van der Waals surface area contributed by atoms with Crippen LogP contribution in [0.1, 0.15) is 6.42 Å². The maximum absolute atomic E-state index is 5.20.